The lowest BCUT2D eigenvalue weighted by molar-refractivity contribution is 0.110. The maximum Gasteiger partial charge on any atom is 0.435 e. The Labute approximate surface area is 136 Å². The van der Waals surface area contributed by atoms with E-state index in [9.17, 15) is 4.79 Å². The summed E-state index contributed by atoms with van der Waals surface area (Å²) in [5.74, 6) is 0. The number of hydroxylamine groups is 1. The number of amides is 1. The van der Waals surface area contributed by atoms with Crippen LogP contribution in [0.25, 0.3) is 0 Å². The van der Waals surface area contributed by atoms with E-state index in [0.29, 0.717) is 10.7 Å². The van der Waals surface area contributed by atoms with Crippen LogP contribution in [-0.2, 0) is 4.84 Å². The Morgan fingerprint density at radius 2 is 2.05 bits per heavy atom. The normalized spacial score (nSPS) is 19.0. The van der Waals surface area contributed by atoms with Gasteiger partial charge in [0.05, 0.1) is 0 Å². The Bertz CT molecular complexity index is 597. The maximum absolute atomic E-state index is 11.8. The Morgan fingerprint density at radius 3 is 2.68 bits per heavy atom. The fourth-order valence-electron chi connectivity index (χ4n) is 2.80. The summed E-state index contributed by atoms with van der Waals surface area (Å²) in [6.45, 7) is 8.36. The Hall–Kier alpha value is -1.72. The summed E-state index contributed by atoms with van der Waals surface area (Å²) in [5.41, 5.74) is 3.95. The van der Waals surface area contributed by atoms with Crippen molar-refractivity contribution in [2.75, 3.05) is 5.32 Å². The topological polar surface area (TPSA) is 62.4 Å². The number of rotatable bonds is 3. The van der Waals surface area contributed by atoms with Gasteiger partial charge in [-0.05, 0) is 52.0 Å². The molecule has 0 fully saturated rings. The molecule has 22 heavy (non-hydrogen) atoms. The van der Waals surface area contributed by atoms with Gasteiger partial charge in [-0.1, -0.05) is 17.7 Å². The first-order valence-corrected chi connectivity index (χ1v) is 7.54. The Kier molecular flexibility index (Phi) is 4.68. The summed E-state index contributed by atoms with van der Waals surface area (Å²) in [6, 6.07) is 6.88. The molecule has 5 nitrogen and oxygen atoms in total. The molecule has 0 saturated carbocycles. The number of hydrogen-bond acceptors (Lipinski definition) is 4. The average Bonchev–Trinajstić information content (AvgIpc) is 2.32. The van der Waals surface area contributed by atoms with Crippen molar-refractivity contribution in [3.8, 4) is 0 Å². The van der Waals surface area contributed by atoms with Crippen molar-refractivity contribution >= 4 is 23.4 Å². The van der Waals surface area contributed by atoms with Gasteiger partial charge in [-0.3, -0.25) is 5.32 Å². The van der Waals surface area contributed by atoms with Crippen molar-refractivity contribution in [3.63, 3.8) is 0 Å². The summed E-state index contributed by atoms with van der Waals surface area (Å²) in [5, 5.41) is 6.67. The monoisotopic (exact) mass is 323 g/mol. The summed E-state index contributed by atoms with van der Waals surface area (Å²) in [7, 11) is 0. The largest absolute Gasteiger partial charge is 0.435 e. The molecule has 0 atom stereocenters. The number of nitrogens with one attached hydrogen (secondary N) is 3. The van der Waals surface area contributed by atoms with Crippen LogP contribution < -0.4 is 16.1 Å². The minimum Gasteiger partial charge on any atom is -0.324 e. The van der Waals surface area contributed by atoms with Gasteiger partial charge < -0.3 is 10.2 Å². The van der Waals surface area contributed by atoms with Crippen LogP contribution in [0.2, 0.25) is 5.02 Å². The van der Waals surface area contributed by atoms with Crippen LogP contribution in [0.4, 0.5) is 10.5 Å². The third-order valence-corrected chi connectivity index (χ3v) is 3.41. The van der Waals surface area contributed by atoms with E-state index in [1.807, 2.05) is 6.08 Å². The molecule has 120 valence electrons. The fourth-order valence-corrected chi connectivity index (χ4v) is 2.99. The molecule has 0 unspecified atom stereocenters. The Balaban J connectivity index is 1.92. The second-order valence-electron chi connectivity index (χ2n) is 6.70. The SMILES string of the molecule is CC1(C)C=C(NOC(=O)Nc2cccc(Cl)c2)CC(C)(C)N1. The Morgan fingerprint density at radius 1 is 1.32 bits per heavy atom. The van der Waals surface area contributed by atoms with E-state index in [4.69, 9.17) is 16.4 Å². The minimum atomic E-state index is -0.586. The number of benzene rings is 1. The fraction of sp³-hybridized carbons (Fsp3) is 0.438. The number of halogens is 1. The molecule has 1 heterocycles. The molecule has 0 aromatic heterocycles. The van der Waals surface area contributed by atoms with Crippen molar-refractivity contribution in [1.82, 2.24) is 10.8 Å². The van der Waals surface area contributed by atoms with E-state index >= 15 is 0 Å². The minimum absolute atomic E-state index is 0.0760. The molecule has 1 aromatic rings. The zero-order valence-electron chi connectivity index (χ0n) is 13.3. The van der Waals surface area contributed by atoms with Crippen LogP contribution in [-0.4, -0.2) is 17.2 Å². The lowest BCUT2D eigenvalue weighted by atomic mass is 9.87. The van der Waals surface area contributed by atoms with E-state index < -0.39 is 6.09 Å². The lowest BCUT2D eigenvalue weighted by Crippen LogP contribution is -2.55. The molecule has 6 heteroatoms. The standard InChI is InChI=1S/C16H22ClN3O2/c1-15(2)9-13(10-16(3,4)20-15)19-22-14(21)18-12-7-5-6-11(17)8-12/h5-9,19-20H,10H2,1-4H3,(H,18,21). The highest BCUT2D eigenvalue weighted by Gasteiger charge is 2.32. The first-order chi connectivity index (χ1) is 10.2. The molecule has 1 amide bonds. The zero-order valence-corrected chi connectivity index (χ0v) is 14.0. The van der Waals surface area contributed by atoms with Crippen LogP contribution >= 0.6 is 11.6 Å². The first-order valence-electron chi connectivity index (χ1n) is 7.16. The molecule has 1 aliphatic heterocycles. The third-order valence-electron chi connectivity index (χ3n) is 3.17. The third kappa shape index (κ3) is 4.93. The smallest absolute Gasteiger partial charge is 0.324 e. The van der Waals surface area contributed by atoms with Gasteiger partial charge in [0.1, 0.15) is 0 Å². The number of carbonyl (C=O) groups is 1. The van der Waals surface area contributed by atoms with E-state index in [1.165, 1.54) is 0 Å². The van der Waals surface area contributed by atoms with Gasteiger partial charge in [0.15, 0.2) is 0 Å². The predicted molar refractivity (Wildman–Crippen MR) is 88.7 cm³/mol. The van der Waals surface area contributed by atoms with Crippen LogP contribution in [0.1, 0.15) is 34.1 Å². The van der Waals surface area contributed by atoms with Crippen molar-refractivity contribution in [1.29, 1.82) is 0 Å². The molecule has 1 aliphatic rings. The van der Waals surface area contributed by atoms with Crippen LogP contribution in [0.5, 0.6) is 0 Å². The van der Waals surface area contributed by atoms with Gasteiger partial charge in [-0.15, -0.1) is 0 Å². The van der Waals surface area contributed by atoms with E-state index in [0.717, 1.165) is 12.1 Å². The number of anilines is 1. The highest BCUT2D eigenvalue weighted by atomic mass is 35.5. The van der Waals surface area contributed by atoms with Gasteiger partial charge in [0.2, 0.25) is 0 Å². The zero-order chi connectivity index (χ0) is 16.4. The van der Waals surface area contributed by atoms with Crippen molar-refractivity contribution < 1.29 is 9.63 Å². The van der Waals surface area contributed by atoms with Crippen molar-refractivity contribution in [3.05, 3.63) is 41.1 Å². The summed E-state index contributed by atoms with van der Waals surface area (Å²) < 4.78 is 0. The number of hydrogen-bond donors (Lipinski definition) is 3. The van der Waals surface area contributed by atoms with Gasteiger partial charge in [0, 0.05) is 33.9 Å². The highest BCUT2D eigenvalue weighted by Crippen LogP contribution is 2.26. The van der Waals surface area contributed by atoms with Gasteiger partial charge in [0.25, 0.3) is 0 Å². The molecule has 0 saturated heterocycles. The van der Waals surface area contributed by atoms with Crippen LogP contribution in [0.3, 0.4) is 0 Å². The second-order valence-corrected chi connectivity index (χ2v) is 7.14. The molecule has 0 radical (unpaired) electrons. The summed E-state index contributed by atoms with van der Waals surface area (Å²) >= 11 is 5.87. The van der Waals surface area contributed by atoms with Crippen LogP contribution in [0, 0.1) is 0 Å². The molecule has 0 aliphatic carbocycles. The van der Waals surface area contributed by atoms with E-state index in [1.54, 1.807) is 24.3 Å². The molecular weight excluding hydrogens is 302 g/mol. The molecule has 0 bridgehead atoms. The van der Waals surface area contributed by atoms with E-state index in [-0.39, 0.29) is 11.1 Å². The summed E-state index contributed by atoms with van der Waals surface area (Å²) in [4.78, 5) is 16.9. The molecular formula is C16H22ClN3O2. The molecule has 1 aromatic carbocycles. The lowest BCUT2D eigenvalue weighted by Gasteiger charge is -2.40. The number of carbonyl (C=O) groups excluding carboxylic acids is 1. The van der Waals surface area contributed by atoms with Gasteiger partial charge in [-0.2, -0.15) is 0 Å². The van der Waals surface area contributed by atoms with Crippen LogP contribution in [0.15, 0.2) is 36.0 Å². The van der Waals surface area contributed by atoms with Gasteiger partial charge >= 0.3 is 6.09 Å². The van der Waals surface area contributed by atoms with Crippen molar-refractivity contribution in [2.24, 2.45) is 0 Å². The van der Waals surface area contributed by atoms with Gasteiger partial charge in [-0.25, -0.2) is 10.3 Å². The molecule has 0 spiro atoms. The molecule has 3 N–H and O–H groups in total. The summed E-state index contributed by atoms with van der Waals surface area (Å²) in [6.07, 6.45) is 2.17. The quantitative estimate of drug-likeness (QED) is 0.740. The predicted octanol–water partition coefficient (Wildman–Crippen LogP) is 3.83. The van der Waals surface area contributed by atoms with E-state index in [2.05, 4.69) is 43.8 Å². The second kappa shape index (κ2) is 6.18. The highest BCUT2D eigenvalue weighted by molar-refractivity contribution is 6.30. The first kappa shape index (κ1) is 16.6. The average molecular weight is 324 g/mol. The molecule has 2 rings (SSSR count). The maximum atomic E-state index is 11.8. The van der Waals surface area contributed by atoms with Crippen molar-refractivity contribution in [2.45, 2.75) is 45.2 Å².